The van der Waals surface area contributed by atoms with E-state index in [4.69, 9.17) is 5.73 Å². The summed E-state index contributed by atoms with van der Waals surface area (Å²) in [5, 5.41) is 4.20. The lowest BCUT2D eigenvalue weighted by Gasteiger charge is -2.10. The topological polar surface area (TPSA) is 60.0 Å². The number of nitrogen functional groups attached to an aromatic ring is 1. The summed E-state index contributed by atoms with van der Waals surface area (Å²) in [7, 11) is 1.81. The molecule has 0 aliphatic carbocycles. The zero-order valence-electron chi connectivity index (χ0n) is 7.19. The number of anilines is 2. The summed E-state index contributed by atoms with van der Waals surface area (Å²) in [6, 6.07) is 0. The minimum Gasteiger partial charge on any atom is -0.368 e. The Bertz CT molecular complexity index is 254. The van der Waals surface area contributed by atoms with Crippen molar-refractivity contribution < 1.29 is 0 Å². The van der Waals surface area contributed by atoms with Crippen LogP contribution in [0, 0.1) is 0 Å². The molecule has 66 valence electrons. The van der Waals surface area contributed by atoms with Gasteiger partial charge < -0.3 is 10.6 Å². The Labute approximate surface area is 71.2 Å². The predicted molar refractivity (Wildman–Crippen MR) is 46.9 cm³/mol. The summed E-state index contributed by atoms with van der Waals surface area (Å²) in [5.74, 6) is 1.25. The SMILES string of the molecule is Cn1nc(N2CCCC2)nc1N. The quantitative estimate of drug-likeness (QED) is 0.639. The molecule has 0 radical (unpaired) electrons. The number of rotatable bonds is 1. The smallest absolute Gasteiger partial charge is 0.246 e. The maximum absolute atomic E-state index is 5.57. The first-order chi connectivity index (χ1) is 5.77. The van der Waals surface area contributed by atoms with Crippen molar-refractivity contribution in [3.05, 3.63) is 0 Å². The van der Waals surface area contributed by atoms with Crippen LogP contribution in [0.15, 0.2) is 0 Å². The zero-order chi connectivity index (χ0) is 8.55. The highest BCUT2D eigenvalue weighted by molar-refractivity contribution is 5.35. The van der Waals surface area contributed by atoms with Gasteiger partial charge in [-0.15, -0.1) is 5.10 Å². The molecule has 1 aromatic heterocycles. The highest BCUT2D eigenvalue weighted by Crippen LogP contribution is 2.16. The molecule has 1 aromatic rings. The molecule has 0 amide bonds. The lowest BCUT2D eigenvalue weighted by molar-refractivity contribution is 0.764. The van der Waals surface area contributed by atoms with Crippen molar-refractivity contribution in [1.29, 1.82) is 0 Å². The van der Waals surface area contributed by atoms with Crippen molar-refractivity contribution in [2.45, 2.75) is 12.8 Å². The molecule has 1 fully saturated rings. The minimum atomic E-state index is 0.483. The van der Waals surface area contributed by atoms with Crippen molar-refractivity contribution in [3.8, 4) is 0 Å². The van der Waals surface area contributed by atoms with Gasteiger partial charge in [0.05, 0.1) is 0 Å². The van der Waals surface area contributed by atoms with Crippen LogP contribution in [0.4, 0.5) is 11.9 Å². The third-order valence-corrected chi connectivity index (χ3v) is 2.17. The normalized spacial score (nSPS) is 17.2. The summed E-state index contributed by atoms with van der Waals surface area (Å²) in [5.41, 5.74) is 5.57. The van der Waals surface area contributed by atoms with Gasteiger partial charge >= 0.3 is 0 Å². The highest BCUT2D eigenvalue weighted by Gasteiger charge is 2.16. The Balaban J connectivity index is 2.21. The fourth-order valence-electron chi connectivity index (χ4n) is 1.43. The second kappa shape index (κ2) is 2.66. The van der Waals surface area contributed by atoms with Crippen LogP contribution in [-0.4, -0.2) is 27.9 Å². The van der Waals surface area contributed by atoms with Crippen LogP contribution in [0.5, 0.6) is 0 Å². The number of aryl methyl sites for hydroxylation is 1. The van der Waals surface area contributed by atoms with Crippen LogP contribution in [0.25, 0.3) is 0 Å². The van der Waals surface area contributed by atoms with E-state index in [1.807, 2.05) is 7.05 Å². The monoisotopic (exact) mass is 167 g/mol. The molecule has 5 heteroatoms. The van der Waals surface area contributed by atoms with Gasteiger partial charge in [-0.2, -0.15) is 4.98 Å². The standard InChI is InChI=1S/C7H13N5/c1-11-6(8)9-7(10-11)12-4-2-3-5-12/h2-5H2,1H3,(H2,8,9,10). The molecule has 1 saturated heterocycles. The van der Waals surface area contributed by atoms with Gasteiger partial charge in [0.1, 0.15) is 0 Å². The lowest BCUT2D eigenvalue weighted by Crippen LogP contribution is -2.19. The summed E-state index contributed by atoms with van der Waals surface area (Å²) in [6.07, 6.45) is 2.47. The molecule has 5 nitrogen and oxygen atoms in total. The molecule has 2 heterocycles. The first kappa shape index (κ1) is 7.39. The maximum Gasteiger partial charge on any atom is 0.246 e. The number of hydrogen-bond acceptors (Lipinski definition) is 4. The fraction of sp³-hybridized carbons (Fsp3) is 0.714. The maximum atomic E-state index is 5.57. The van der Waals surface area contributed by atoms with E-state index in [9.17, 15) is 0 Å². The Morgan fingerprint density at radius 2 is 2.00 bits per heavy atom. The van der Waals surface area contributed by atoms with Crippen LogP contribution in [0.2, 0.25) is 0 Å². The number of hydrogen-bond donors (Lipinski definition) is 1. The van der Waals surface area contributed by atoms with Crippen LogP contribution < -0.4 is 10.6 Å². The average molecular weight is 167 g/mol. The van der Waals surface area contributed by atoms with Crippen molar-refractivity contribution in [2.24, 2.45) is 7.05 Å². The molecule has 1 aliphatic heterocycles. The van der Waals surface area contributed by atoms with Crippen molar-refractivity contribution >= 4 is 11.9 Å². The van der Waals surface area contributed by atoms with Crippen LogP contribution in [-0.2, 0) is 7.05 Å². The highest BCUT2D eigenvalue weighted by atomic mass is 15.4. The molecule has 0 unspecified atom stereocenters. The van der Waals surface area contributed by atoms with Gasteiger partial charge in [-0.25, -0.2) is 4.68 Å². The number of aromatic nitrogens is 3. The van der Waals surface area contributed by atoms with Crippen LogP contribution >= 0.6 is 0 Å². The molecule has 0 spiro atoms. The second-order valence-corrected chi connectivity index (χ2v) is 3.09. The van der Waals surface area contributed by atoms with Gasteiger partial charge in [-0.1, -0.05) is 0 Å². The summed E-state index contributed by atoms with van der Waals surface area (Å²) in [4.78, 5) is 6.31. The van der Waals surface area contributed by atoms with Crippen molar-refractivity contribution in [1.82, 2.24) is 14.8 Å². The molecule has 0 aromatic carbocycles. The molecule has 0 atom stereocenters. The predicted octanol–water partition coefficient (Wildman–Crippen LogP) is -0.00250. The molecule has 2 N–H and O–H groups in total. The molecule has 0 saturated carbocycles. The first-order valence-corrected chi connectivity index (χ1v) is 4.19. The van der Waals surface area contributed by atoms with Crippen molar-refractivity contribution in [2.75, 3.05) is 23.7 Å². The van der Waals surface area contributed by atoms with Crippen LogP contribution in [0.1, 0.15) is 12.8 Å². The minimum absolute atomic E-state index is 0.483. The fourth-order valence-corrected chi connectivity index (χ4v) is 1.43. The molecule has 12 heavy (non-hydrogen) atoms. The van der Waals surface area contributed by atoms with Gasteiger partial charge in [0.25, 0.3) is 0 Å². The van der Waals surface area contributed by atoms with Gasteiger partial charge in [0, 0.05) is 20.1 Å². The zero-order valence-corrected chi connectivity index (χ0v) is 7.19. The summed E-state index contributed by atoms with van der Waals surface area (Å²) in [6.45, 7) is 2.12. The molecule has 2 rings (SSSR count). The largest absolute Gasteiger partial charge is 0.368 e. The Kier molecular flexibility index (Phi) is 1.64. The summed E-state index contributed by atoms with van der Waals surface area (Å²) < 4.78 is 1.60. The Morgan fingerprint density at radius 1 is 1.33 bits per heavy atom. The summed E-state index contributed by atoms with van der Waals surface area (Å²) >= 11 is 0. The first-order valence-electron chi connectivity index (χ1n) is 4.19. The van der Waals surface area contributed by atoms with Gasteiger partial charge in [0.15, 0.2) is 0 Å². The lowest BCUT2D eigenvalue weighted by atomic mass is 10.4. The van der Waals surface area contributed by atoms with Gasteiger partial charge in [-0.3, -0.25) is 0 Å². The molecule has 1 aliphatic rings. The second-order valence-electron chi connectivity index (χ2n) is 3.09. The Hall–Kier alpha value is -1.26. The molecule has 0 bridgehead atoms. The van der Waals surface area contributed by atoms with Gasteiger partial charge in [-0.05, 0) is 12.8 Å². The Morgan fingerprint density at radius 3 is 2.50 bits per heavy atom. The van der Waals surface area contributed by atoms with E-state index in [0.717, 1.165) is 19.0 Å². The van der Waals surface area contributed by atoms with E-state index >= 15 is 0 Å². The van der Waals surface area contributed by atoms with Crippen LogP contribution in [0.3, 0.4) is 0 Å². The van der Waals surface area contributed by atoms with E-state index in [2.05, 4.69) is 15.0 Å². The third-order valence-electron chi connectivity index (χ3n) is 2.17. The molecular weight excluding hydrogens is 154 g/mol. The van der Waals surface area contributed by atoms with E-state index in [0.29, 0.717) is 5.95 Å². The van der Waals surface area contributed by atoms with E-state index in [-0.39, 0.29) is 0 Å². The third kappa shape index (κ3) is 1.11. The van der Waals surface area contributed by atoms with E-state index < -0.39 is 0 Å². The van der Waals surface area contributed by atoms with E-state index in [1.54, 1.807) is 4.68 Å². The average Bonchev–Trinajstić information content (AvgIpc) is 2.61. The number of nitrogens with zero attached hydrogens (tertiary/aromatic N) is 4. The van der Waals surface area contributed by atoms with E-state index in [1.165, 1.54) is 12.8 Å². The van der Waals surface area contributed by atoms with Crippen molar-refractivity contribution in [3.63, 3.8) is 0 Å². The molecular formula is C7H13N5. The van der Waals surface area contributed by atoms with Gasteiger partial charge in [0.2, 0.25) is 11.9 Å². The number of nitrogens with two attached hydrogens (primary N) is 1.